The normalized spacial score (nSPS) is 17.0. The molecule has 0 aliphatic carbocycles. The molecular formula is C6H15NO6. The van der Waals surface area contributed by atoms with Gasteiger partial charge in [-0.25, -0.2) is 0 Å². The van der Waals surface area contributed by atoms with Crippen molar-refractivity contribution < 1.29 is 30.3 Å². The van der Waals surface area contributed by atoms with Crippen molar-refractivity contribution in [1.82, 2.24) is 6.15 Å². The van der Waals surface area contributed by atoms with Crippen LogP contribution in [0.1, 0.15) is 0 Å². The third-order valence-corrected chi connectivity index (χ3v) is 1.39. The number of rotatable bonds is 5. The molecule has 0 spiro atoms. The Balaban J connectivity index is 0. The summed E-state index contributed by atoms with van der Waals surface area (Å²) in [4.78, 5) is 10.5. The number of Topliss-reactive ketones (excluding diaryl/α,β-unsaturated/α-hetero) is 1. The highest BCUT2D eigenvalue weighted by Crippen LogP contribution is 2.00. The van der Waals surface area contributed by atoms with Crippen molar-refractivity contribution in [2.45, 2.75) is 18.3 Å². The van der Waals surface area contributed by atoms with Crippen molar-refractivity contribution in [1.29, 1.82) is 0 Å². The third kappa shape index (κ3) is 4.27. The fourth-order valence-corrected chi connectivity index (χ4v) is 0.602. The second-order valence-corrected chi connectivity index (χ2v) is 2.31. The van der Waals surface area contributed by atoms with Gasteiger partial charge in [-0.2, -0.15) is 0 Å². The number of hydrogen-bond donors (Lipinski definition) is 6. The first-order valence-electron chi connectivity index (χ1n) is 3.33. The van der Waals surface area contributed by atoms with Crippen LogP contribution in [0.3, 0.4) is 0 Å². The van der Waals surface area contributed by atoms with Crippen LogP contribution in [0, 0.1) is 0 Å². The molecule has 0 amide bonds. The van der Waals surface area contributed by atoms with E-state index >= 15 is 0 Å². The lowest BCUT2D eigenvalue weighted by Crippen LogP contribution is -2.44. The van der Waals surface area contributed by atoms with E-state index in [4.69, 9.17) is 25.5 Å². The van der Waals surface area contributed by atoms with Gasteiger partial charge in [0.2, 0.25) is 0 Å². The van der Waals surface area contributed by atoms with Gasteiger partial charge in [-0.05, 0) is 0 Å². The zero-order valence-corrected chi connectivity index (χ0v) is 7.00. The standard InChI is InChI=1S/C6H12O6.H3N/c7-1-3(9)5(11)6(12)4(10)2-8;/h3,5-9,11-12H,1-2H2;1H3. The zero-order chi connectivity index (χ0) is 9.72. The summed E-state index contributed by atoms with van der Waals surface area (Å²) in [6, 6.07) is 0. The maximum absolute atomic E-state index is 10.5. The van der Waals surface area contributed by atoms with Gasteiger partial charge in [0, 0.05) is 0 Å². The van der Waals surface area contributed by atoms with Gasteiger partial charge >= 0.3 is 0 Å². The van der Waals surface area contributed by atoms with Gasteiger partial charge in [0.05, 0.1) is 6.61 Å². The molecule has 7 heteroatoms. The maximum atomic E-state index is 10.5. The highest BCUT2D eigenvalue weighted by atomic mass is 16.4. The minimum atomic E-state index is -1.86. The SMILES string of the molecule is N.O=C(CO)C(O)C(O)C(O)CO. The first-order valence-corrected chi connectivity index (χ1v) is 3.33. The Kier molecular flexibility index (Phi) is 7.92. The Labute approximate surface area is 74.8 Å². The number of carbonyl (C=O) groups excluding carboxylic acids is 1. The summed E-state index contributed by atoms with van der Waals surface area (Å²) in [6.07, 6.45) is -5.22. The van der Waals surface area contributed by atoms with Gasteiger partial charge in [0.25, 0.3) is 0 Å². The van der Waals surface area contributed by atoms with E-state index < -0.39 is 37.3 Å². The molecule has 8 N–H and O–H groups in total. The first-order chi connectivity index (χ1) is 5.54. The first kappa shape index (κ1) is 14.9. The molecule has 0 aromatic carbocycles. The highest BCUT2D eigenvalue weighted by molar-refractivity contribution is 5.84. The predicted molar refractivity (Wildman–Crippen MR) is 42.2 cm³/mol. The van der Waals surface area contributed by atoms with Crippen molar-refractivity contribution in [3.8, 4) is 0 Å². The summed E-state index contributed by atoms with van der Waals surface area (Å²) in [7, 11) is 0. The molecule has 0 heterocycles. The molecule has 0 radical (unpaired) electrons. The fourth-order valence-electron chi connectivity index (χ4n) is 0.602. The Bertz CT molecular complexity index is 152. The van der Waals surface area contributed by atoms with Crippen molar-refractivity contribution >= 4 is 5.78 Å². The summed E-state index contributed by atoms with van der Waals surface area (Å²) in [6.45, 7) is -1.69. The van der Waals surface area contributed by atoms with Crippen LogP contribution in [0.4, 0.5) is 0 Å². The summed E-state index contributed by atoms with van der Waals surface area (Å²) in [5, 5.41) is 43.1. The summed E-state index contributed by atoms with van der Waals surface area (Å²) >= 11 is 0. The van der Waals surface area contributed by atoms with Gasteiger partial charge in [-0.3, -0.25) is 4.79 Å². The lowest BCUT2D eigenvalue weighted by atomic mass is 10.1. The maximum Gasteiger partial charge on any atom is 0.189 e. The van der Waals surface area contributed by atoms with Gasteiger partial charge < -0.3 is 31.7 Å². The van der Waals surface area contributed by atoms with E-state index in [0.29, 0.717) is 0 Å². The topological polar surface area (TPSA) is 153 Å². The van der Waals surface area contributed by atoms with E-state index in [1.807, 2.05) is 0 Å². The Hall–Kier alpha value is -0.570. The smallest absolute Gasteiger partial charge is 0.189 e. The monoisotopic (exact) mass is 197 g/mol. The number of aliphatic hydroxyl groups is 5. The van der Waals surface area contributed by atoms with Crippen molar-refractivity contribution in [2.75, 3.05) is 13.2 Å². The Morgan fingerprint density at radius 3 is 1.92 bits per heavy atom. The molecule has 3 atom stereocenters. The van der Waals surface area contributed by atoms with E-state index in [1.54, 1.807) is 0 Å². The van der Waals surface area contributed by atoms with Crippen LogP contribution >= 0.6 is 0 Å². The van der Waals surface area contributed by atoms with Crippen LogP contribution in [0.15, 0.2) is 0 Å². The van der Waals surface area contributed by atoms with Crippen molar-refractivity contribution in [2.24, 2.45) is 0 Å². The van der Waals surface area contributed by atoms with Gasteiger partial charge in [-0.1, -0.05) is 0 Å². The third-order valence-electron chi connectivity index (χ3n) is 1.39. The fraction of sp³-hybridized carbons (Fsp3) is 0.833. The number of carbonyl (C=O) groups is 1. The van der Waals surface area contributed by atoms with Gasteiger partial charge in [0.1, 0.15) is 24.9 Å². The largest absolute Gasteiger partial charge is 0.394 e. The molecule has 80 valence electrons. The minimum Gasteiger partial charge on any atom is -0.394 e. The molecule has 3 unspecified atom stereocenters. The lowest BCUT2D eigenvalue weighted by Gasteiger charge is -2.19. The second-order valence-electron chi connectivity index (χ2n) is 2.31. The van der Waals surface area contributed by atoms with Crippen LogP contribution in [-0.4, -0.2) is 62.8 Å². The summed E-state index contributed by atoms with van der Waals surface area (Å²) in [5.74, 6) is -1.00. The number of aliphatic hydroxyl groups excluding tert-OH is 5. The molecule has 0 aromatic rings. The van der Waals surface area contributed by atoms with Crippen LogP contribution < -0.4 is 6.15 Å². The number of ketones is 1. The summed E-state index contributed by atoms with van der Waals surface area (Å²) < 4.78 is 0. The average Bonchev–Trinajstić information content (AvgIpc) is 2.12. The predicted octanol–water partition coefficient (Wildman–Crippen LogP) is -3.22. The molecule has 7 nitrogen and oxygen atoms in total. The molecule has 0 rings (SSSR count). The molecular weight excluding hydrogens is 182 g/mol. The molecule has 13 heavy (non-hydrogen) atoms. The molecule has 0 aromatic heterocycles. The number of hydrogen-bond acceptors (Lipinski definition) is 7. The quantitative estimate of drug-likeness (QED) is 0.271. The molecule has 0 saturated carbocycles. The second kappa shape index (κ2) is 6.89. The lowest BCUT2D eigenvalue weighted by molar-refractivity contribution is -0.142. The average molecular weight is 197 g/mol. The van der Waals surface area contributed by atoms with E-state index in [2.05, 4.69) is 0 Å². The molecule has 0 bridgehead atoms. The van der Waals surface area contributed by atoms with Crippen molar-refractivity contribution in [3.63, 3.8) is 0 Å². The highest BCUT2D eigenvalue weighted by Gasteiger charge is 2.28. The van der Waals surface area contributed by atoms with Crippen LogP contribution in [0.25, 0.3) is 0 Å². The van der Waals surface area contributed by atoms with E-state index in [1.165, 1.54) is 0 Å². The van der Waals surface area contributed by atoms with Crippen molar-refractivity contribution in [3.05, 3.63) is 0 Å². The van der Waals surface area contributed by atoms with E-state index in [9.17, 15) is 4.79 Å². The summed E-state index contributed by atoms with van der Waals surface area (Å²) in [5.41, 5.74) is 0. The Morgan fingerprint density at radius 1 is 1.15 bits per heavy atom. The van der Waals surface area contributed by atoms with E-state index in [0.717, 1.165) is 0 Å². The van der Waals surface area contributed by atoms with Crippen LogP contribution in [0.5, 0.6) is 0 Å². The Morgan fingerprint density at radius 2 is 1.62 bits per heavy atom. The molecule has 0 saturated heterocycles. The van der Waals surface area contributed by atoms with Crippen LogP contribution in [0.2, 0.25) is 0 Å². The zero-order valence-electron chi connectivity index (χ0n) is 7.00. The van der Waals surface area contributed by atoms with Gasteiger partial charge in [0.15, 0.2) is 5.78 Å². The molecule has 0 fully saturated rings. The molecule has 0 aliphatic rings. The molecule has 0 aliphatic heterocycles. The van der Waals surface area contributed by atoms with Crippen LogP contribution in [-0.2, 0) is 4.79 Å². The van der Waals surface area contributed by atoms with Gasteiger partial charge in [-0.15, -0.1) is 0 Å². The minimum absolute atomic E-state index is 0. The van der Waals surface area contributed by atoms with E-state index in [-0.39, 0.29) is 6.15 Å².